The number of carbonyl (C=O) groups is 1. The molecule has 1 saturated carbocycles. The zero-order valence-electron chi connectivity index (χ0n) is 14.9. The second-order valence-electron chi connectivity index (χ2n) is 6.88. The number of nitrogens with zero attached hydrogens (tertiary/aromatic N) is 1. The Morgan fingerprint density at radius 2 is 2.15 bits per heavy atom. The van der Waals surface area contributed by atoms with Gasteiger partial charge in [-0.3, -0.25) is 0 Å². The highest BCUT2D eigenvalue weighted by Gasteiger charge is 2.23. The zero-order valence-corrected chi connectivity index (χ0v) is 15.7. The number of carbonyl (C=O) groups excluding carboxylic acids is 1. The molecule has 5 nitrogen and oxygen atoms in total. The van der Waals surface area contributed by atoms with E-state index < -0.39 is 0 Å². The molecule has 4 rings (SSSR count). The molecular weight excluding hydrogens is 350 g/mol. The van der Waals surface area contributed by atoms with Crippen molar-refractivity contribution < 1.29 is 19.0 Å². The summed E-state index contributed by atoms with van der Waals surface area (Å²) in [7, 11) is 1.39. The summed E-state index contributed by atoms with van der Waals surface area (Å²) in [5, 5.41) is 0.916. The van der Waals surface area contributed by atoms with Crippen LogP contribution < -0.4 is 4.74 Å². The van der Waals surface area contributed by atoms with E-state index in [1.807, 2.05) is 18.3 Å². The normalized spacial score (nSPS) is 20.0. The molecule has 0 amide bonds. The fraction of sp³-hybridized carbons (Fsp3) is 0.500. The van der Waals surface area contributed by atoms with Crippen molar-refractivity contribution in [2.75, 3.05) is 20.3 Å². The molecule has 1 unspecified atom stereocenters. The van der Waals surface area contributed by atoms with E-state index in [-0.39, 0.29) is 12.1 Å². The molecule has 0 radical (unpaired) electrons. The number of rotatable bonds is 6. The van der Waals surface area contributed by atoms with Crippen LogP contribution >= 0.6 is 11.3 Å². The third kappa shape index (κ3) is 3.76. The molecule has 2 fully saturated rings. The van der Waals surface area contributed by atoms with Gasteiger partial charge < -0.3 is 14.2 Å². The maximum Gasteiger partial charge on any atom is 0.338 e. The molecule has 6 heteroatoms. The summed E-state index contributed by atoms with van der Waals surface area (Å²) in [6, 6.07) is 5.50. The Hall–Kier alpha value is -1.92. The topological polar surface area (TPSA) is 57.7 Å². The van der Waals surface area contributed by atoms with Gasteiger partial charge in [0.1, 0.15) is 17.4 Å². The molecule has 1 aliphatic carbocycles. The highest BCUT2D eigenvalue weighted by molar-refractivity contribution is 7.15. The number of benzene rings is 1. The van der Waals surface area contributed by atoms with Gasteiger partial charge in [-0.15, -0.1) is 11.3 Å². The van der Waals surface area contributed by atoms with Crippen molar-refractivity contribution in [3.05, 3.63) is 34.8 Å². The quantitative estimate of drug-likeness (QED) is 0.702. The van der Waals surface area contributed by atoms with Crippen molar-refractivity contribution in [1.29, 1.82) is 0 Å². The van der Waals surface area contributed by atoms with Crippen LogP contribution in [0.15, 0.2) is 24.4 Å². The largest absolute Gasteiger partial charge is 0.491 e. The van der Waals surface area contributed by atoms with Crippen LogP contribution in [0.5, 0.6) is 5.75 Å². The van der Waals surface area contributed by atoms with Gasteiger partial charge in [-0.25, -0.2) is 9.78 Å². The SMILES string of the molecule is COC(=O)c1cc(OCC2CCCO2)cc(-c2ncc(C3CCC3)s2)c1. The molecule has 1 atom stereocenters. The van der Waals surface area contributed by atoms with Gasteiger partial charge in [-0.05, 0) is 49.8 Å². The molecule has 138 valence electrons. The second kappa shape index (κ2) is 7.76. The van der Waals surface area contributed by atoms with Crippen molar-refractivity contribution in [3.63, 3.8) is 0 Å². The van der Waals surface area contributed by atoms with Crippen molar-refractivity contribution >= 4 is 17.3 Å². The zero-order chi connectivity index (χ0) is 17.9. The lowest BCUT2D eigenvalue weighted by atomic mass is 9.85. The van der Waals surface area contributed by atoms with Crippen molar-refractivity contribution in [2.24, 2.45) is 0 Å². The van der Waals surface area contributed by atoms with Crippen LogP contribution in [-0.4, -0.2) is 37.4 Å². The summed E-state index contributed by atoms with van der Waals surface area (Å²) >= 11 is 1.71. The first-order chi connectivity index (χ1) is 12.7. The van der Waals surface area contributed by atoms with Gasteiger partial charge in [0.25, 0.3) is 0 Å². The standard InChI is InChI=1S/C20H23NO4S/c1-23-20(22)15-8-14(19-21-11-18(26-19)13-4-2-5-13)9-17(10-15)25-12-16-6-3-7-24-16/h8-11,13,16H,2-7,12H2,1H3. The van der Waals surface area contributed by atoms with Crippen LogP contribution in [-0.2, 0) is 9.47 Å². The molecule has 1 saturated heterocycles. The van der Waals surface area contributed by atoms with Gasteiger partial charge in [0, 0.05) is 23.2 Å². The maximum absolute atomic E-state index is 12.1. The lowest BCUT2D eigenvalue weighted by Crippen LogP contribution is -2.16. The molecule has 26 heavy (non-hydrogen) atoms. The monoisotopic (exact) mass is 373 g/mol. The fourth-order valence-corrected chi connectivity index (χ4v) is 4.38. The molecule has 1 aromatic carbocycles. The predicted octanol–water partition coefficient (Wildman–Crippen LogP) is 4.42. The summed E-state index contributed by atoms with van der Waals surface area (Å²) in [6.45, 7) is 1.29. The Morgan fingerprint density at radius 3 is 2.85 bits per heavy atom. The van der Waals surface area contributed by atoms with Gasteiger partial charge in [-0.1, -0.05) is 6.42 Å². The lowest BCUT2D eigenvalue weighted by molar-refractivity contribution is 0.0598. The molecule has 2 aliphatic rings. The number of ether oxygens (including phenoxy) is 3. The number of hydrogen-bond acceptors (Lipinski definition) is 6. The number of hydrogen-bond donors (Lipinski definition) is 0. The Balaban J connectivity index is 1.58. The van der Waals surface area contributed by atoms with Crippen LogP contribution in [0.2, 0.25) is 0 Å². The van der Waals surface area contributed by atoms with Crippen LogP contribution in [0.3, 0.4) is 0 Å². The van der Waals surface area contributed by atoms with Crippen LogP contribution in [0.4, 0.5) is 0 Å². The molecule has 1 aromatic heterocycles. The van der Waals surface area contributed by atoms with Gasteiger partial charge in [0.05, 0.1) is 18.8 Å². The third-order valence-electron chi connectivity index (χ3n) is 5.07. The average Bonchev–Trinajstić information content (AvgIpc) is 3.29. The van der Waals surface area contributed by atoms with E-state index in [0.29, 0.717) is 23.8 Å². The summed E-state index contributed by atoms with van der Waals surface area (Å²) in [5.41, 5.74) is 1.37. The fourth-order valence-electron chi connectivity index (χ4n) is 3.31. The first-order valence-corrected chi connectivity index (χ1v) is 9.98. The van der Waals surface area contributed by atoms with Crippen LogP contribution in [0, 0.1) is 0 Å². The Morgan fingerprint density at radius 1 is 1.27 bits per heavy atom. The second-order valence-corrected chi connectivity index (χ2v) is 7.94. The number of esters is 1. The van der Waals surface area contributed by atoms with E-state index in [4.69, 9.17) is 14.2 Å². The molecular formula is C20H23NO4S. The summed E-state index contributed by atoms with van der Waals surface area (Å²) in [4.78, 5) is 18.0. The highest BCUT2D eigenvalue weighted by Crippen LogP contribution is 2.41. The van der Waals surface area contributed by atoms with E-state index >= 15 is 0 Å². The van der Waals surface area contributed by atoms with E-state index in [1.54, 1.807) is 17.4 Å². The van der Waals surface area contributed by atoms with Crippen LogP contribution in [0.25, 0.3) is 10.6 Å². The molecule has 0 bridgehead atoms. The summed E-state index contributed by atoms with van der Waals surface area (Å²) in [6.07, 6.45) is 7.99. The highest BCUT2D eigenvalue weighted by atomic mass is 32.1. The lowest BCUT2D eigenvalue weighted by Gasteiger charge is -2.23. The van der Waals surface area contributed by atoms with Gasteiger partial charge in [0.15, 0.2) is 0 Å². The molecule has 2 aromatic rings. The van der Waals surface area contributed by atoms with E-state index in [1.165, 1.54) is 31.2 Å². The minimum atomic E-state index is -0.371. The Bertz CT molecular complexity index is 778. The van der Waals surface area contributed by atoms with Gasteiger partial charge in [-0.2, -0.15) is 0 Å². The van der Waals surface area contributed by atoms with Gasteiger partial charge in [0.2, 0.25) is 0 Å². The van der Waals surface area contributed by atoms with Crippen molar-refractivity contribution in [3.8, 4) is 16.3 Å². The number of aromatic nitrogens is 1. The Kier molecular flexibility index (Phi) is 5.22. The molecule has 2 heterocycles. The minimum Gasteiger partial charge on any atom is -0.491 e. The van der Waals surface area contributed by atoms with E-state index in [0.717, 1.165) is 30.0 Å². The Labute approximate surface area is 157 Å². The van der Waals surface area contributed by atoms with E-state index in [2.05, 4.69) is 4.98 Å². The summed E-state index contributed by atoms with van der Waals surface area (Å²) in [5.74, 6) is 0.934. The average molecular weight is 373 g/mol. The van der Waals surface area contributed by atoms with Gasteiger partial charge >= 0.3 is 5.97 Å². The van der Waals surface area contributed by atoms with Crippen molar-refractivity contribution in [2.45, 2.75) is 44.1 Å². The molecule has 0 spiro atoms. The smallest absolute Gasteiger partial charge is 0.338 e. The summed E-state index contributed by atoms with van der Waals surface area (Å²) < 4.78 is 16.4. The van der Waals surface area contributed by atoms with Crippen LogP contribution in [0.1, 0.15) is 53.3 Å². The van der Waals surface area contributed by atoms with E-state index in [9.17, 15) is 4.79 Å². The maximum atomic E-state index is 12.1. The number of thiazole rings is 1. The van der Waals surface area contributed by atoms with Crippen molar-refractivity contribution in [1.82, 2.24) is 4.98 Å². The molecule has 1 aliphatic heterocycles. The minimum absolute atomic E-state index is 0.130. The third-order valence-corrected chi connectivity index (χ3v) is 6.27. The first kappa shape index (κ1) is 17.5. The molecule has 0 N–H and O–H groups in total. The predicted molar refractivity (Wildman–Crippen MR) is 100.0 cm³/mol. The first-order valence-electron chi connectivity index (χ1n) is 9.17. The number of methoxy groups -OCH3 is 1.